The summed E-state index contributed by atoms with van der Waals surface area (Å²) in [5, 5.41) is 2.02. The largest absolute Gasteiger partial charge is 0.496 e. The monoisotopic (exact) mass is 262 g/mol. The van der Waals surface area contributed by atoms with Gasteiger partial charge >= 0.3 is 0 Å². The van der Waals surface area contributed by atoms with E-state index in [-0.39, 0.29) is 6.04 Å². The molecule has 3 N–H and O–H groups in total. The highest BCUT2D eigenvalue weighted by Crippen LogP contribution is 2.34. The van der Waals surface area contributed by atoms with Gasteiger partial charge in [-0.15, -0.1) is 11.3 Å². The normalized spacial score (nSPS) is 12.4. The van der Waals surface area contributed by atoms with Crippen LogP contribution in [0.5, 0.6) is 5.75 Å². The van der Waals surface area contributed by atoms with E-state index in [4.69, 9.17) is 10.6 Å². The predicted octanol–water partition coefficient (Wildman–Crippen LogP) is 2.93. The van der Waals surface area contributed by atoms with E-state index in [2.05, 4.69) is 37.5 Å². The molecule has 1 atom stereocenters. The van der Waals surface area contributed by atoms with Crippen molar-refractivity contribution in [3.8, 4) is 5.75 Å². The third kappa shape index (κ3) is 2.56. The van der Waals surface area contributed by atoms with Crippen LogP contribution in [0.15, 0.2) is 29.6 Å². The molecule has 0 saturated carbocycles. The van der Waals surface area contributed by atoms with Crippen molar-refractivity contribution >= 4 is 11.3 Å². The van der Waals surface area contributed by atoms with Crippen LogP contribution in [0.25, 0.3) is 0 Å². The number of ether oxygens (including phenoxy) is 1. The number of nitrogens with two attached hydrogens (primary N) is 1. The highest BCUT2D eigenvalue weighted by Gasteiger charge is 2.18. The number of methoxy groups -OCH3 is 1. The lowest BCUT2D eigenvalue weighted by Gasteiger charge is -2.17. The third-order valence-corrected chi connectivity index (χ3v) is 3.85. The van der Waals surface area contributed by atoms with Crippen molar-refractivity contribution in [2.24, 2.45) is 5.84 Å². The zero-order chi connectivity index (χ0) is 13.1. The van der Waals surface area contributed by atoms with E-state index in [1.165, 1.54) is 11.1 Å². The lowest BCUT2D eigenvalue weighted by molar-refractivity contribution is 0.408. The SMILES string of the molecule is COc1ccsc1C(NN)c1cc(C)cc(C)c1. The standard InChI is InChI=1S/C14H18N2OS/c1-9-6-10(2)8-11(7-9)13(16-15)14-12(17-3)4-5-18-14/h4-8,13,16H,15H2,1-3H3. The molecule has 0 fully saturated rings. The zero-order valence-electron chi connectivity index (χ0n) is 10.9. The Hall–Kier alpha value is -1.36. The quantitative estimate of drug-likeness (QED) is 0.658. The summed E-state index contributed by atoms with van der Waals surface area (Å²) >= 11 is 1.65. The van der Waals surface area contributed by atoms with Gasteiger partial charge in [0.15, 0.2) is 0 Å². The smallest absolute Gasteiger partial charge is 0.134 e. The summed E-state index contributed by atoms with van der Waals surface area (Å²) in [6, 6.07) is 8.39. The minimum Gasteiger partial charge on any atom is -0.496 e. The molecule has 0 aliphatic heterocycles. The van der Waals surface area contributed by atoms with Crippen LogP contribution in [0.1, 0.15) is 27.6 Å². The number of hydrogen-bond donors (Lipinski definition) is 2. The molecule has 1 aromatic heterocycles. The van der Waals surface area contributed by atoms with Gasteiger partial charge in [0.2, 0.25) is 0 Å². The minimum atomic E-state index is -0.0291. The van der Waals surface area contributed by atoms with Gasteiger partial charge in [0.1, 0.15) is 5.75 Å². The summed E-state index contributed by atoms with van der Waals surface area (Å²) < 4.78 is 5.36. The summed E-state index contributed by atoms with van der Waals surface area (Å²) in [7, 11) is 1.68. The van der Waals surface area contributed by atoms with E-state index in [0.717, 1.165) is 16.2 Å². The molecule has 3 nitrogen and oxygen atoms in total. The Kier molecular flexibility index (Phi) is 4.01. The molecule has 1 aromatic carbocycles. The van der Waals surface area contributed by atoms with Crippen molar-refractivity contribution in [3.05, 3.63) is 51.2 Å². The summed E-state index contributed by atoms with van der Waals surface area (Å²) in [6.45, 7) is 4.19. The molecule has 0 spiro atoms. The van der Waals surface area contributed by atoms with Gasteiger partial charge in [-0.2, -0.15) is 0 Å². The Balaban J connectivity index is 2.45. The van der Waals surface area contributed by atoms with E-state index in [9.17, 15) is 0 Å². The van der Waals surface area contributed by atoms with Crippen LogP contribution in [0.4, 0.5) is 0 Å². The number of nitrogens with one attached hydrogen (secondary N) is 1. The Bertz CT molecular complexity index is 516. The molecule has 2 rings (SSSR count). The van der Waals surface area contributed by atoms with Gasteiger partial charge in [-0.3, -0.25) is 5.84 Å². The molecule has 0 bridgehead atoms. The minimum absolute atomic E-state index is 0.0291. The van der Waals surface area contributed by atoms with Gasteiger partial charge < -0.3 is 4.74 Å². The lowest BCUT2D eigenvalue weighted by atomic mass is 10.0. The van der Waals surface area contributed by atoms with Gasteiger partial charge in [-0.05, 0) is 30.9 Å². The average Bonchev–Trinajstić information content (AvgIpc) is 2.77. The van der Waals surface area contributed by atoms with Crippen LogP contribution in [-0.4, -0.2) is 7.11 Å². The van der Waals surface area contributed by atoms with Crippen LogP contribution in [0.2, 0.25) is 0 Å². The van der Waals surface area contributed by atoms with Gasteiger partial charge in [-0.1, -0.05) is 29.3 Å². The van der Waals surface area contributed by atoms with Crippen molar-refractivity contribution in [1.29, 1.82) is 0 Å². The van der Waals surface area contributed by atoms with Gasteiger partial charge in [0.25, 0.3) is 0 Å². The highest BCUT2D eigenvalue weighted by molar-refractivity contribution is 7.10. The second-order valence-electron chi connectivity index (χ2n) is 4.37. The van der Waals surface area contributed by atoms with Crippen LogP contribution < -0.4 is 16.0 Å². The number of thiophene rings is 1. The van der Waals surface area contributed by atoms with Crippen LogP contribution in [0, 0.1) is 13.8 Å². The maximum Gasteiger partial charge on any atom is 0.134 e. The van der Waals surface area contributed by atoms with Crippen LogP contribution in [-0.2, 0) is 0 Å². The summed E-state index contributed by atoms with van der Waals surface area (Å²) in [5.41, 5.74) is 6.52. The molecule has 1 heterocycles. The number of rotatable bonds is 4. The Labute approximate surface area is 112 Å². The molecule has 0 amide bonds. The maximum atomic E-state index is 5.72. The lowest BCUT2D eigenvalue weighted by Crippen LogP contribution is -2.28. The average molecular weight is 262 g/mol. The Morgan fingerprint density at radius 1 is 1.22 bits per heavy atom. The van der Waals surface area contributed by atoms with Crippen molar-refractivity contribution < 1.29 is 4.74 Å². The summed E-state index contributed by atoms with van der Waals surface area (Å²) in [5.74, 6) is 6.60. The molecule has 4 heteroatoms. The molecular formula is C14H18N2OS. The van der Waals surface area contributed by atoms with E-state index in [0.29, 0.717) is 0 Å². The van der Waals surface area contributed by atoms with Crippen molar-refractivity contribution in [3.63, 3.8) is 0 Å². The number of hydrazine groups is 1. The first-order valence-corrected chi connectivity index (χ1v) is 6.69. The summed E-state index contributed by atoms with van der Waals surface area (Å²) in [6.07, 6.45) is 0. The van der Waals surface area contributed by atoms with E-state index in [1.807, 2.05) is 11.4 Å². The summed E-state index contributed by atoms with van der Waals surface area (Å²) in [4.78, 5) is 1.10. The van der Waals surface area contributed by atoms with Gasteiger partial charge in [0.05, 0.1) is 18.0 Å². The van der Waals surface area contributed by atoms with Crippen molar-refractivity contribution in [2.45, 2.75) is 19.9 Å². The molecule has 96 valence electrons. The van der Waals surface area contributed by atoms with E-state index >= 15 is 0 Å². The molecule has 1 unspecified atom stereocenters. The Morgan fingerprint density at radius 2 is 1.89 bits per heavy atom. The number of hydrogen-bond acceptors (Lipinski definition) is 4. The molecule has 0 aliphatic carbocycles. The first kappa shape index (κ1) is 13.1. The topological polar surface area (TPSA) is 47.3 Å². The highest BCUT2D eigenvalue weighted by atomic mass is 32.1. The van der Waals surface area contributed by atoms with Gasteiger partial charge in [-0.25, -0.2) is 5.43 Å². The van der Waals surface area contributed by atoms with Crippen LogP contribution >= 0.6 is 11.3 Å². The molecule has 2 aromatic rings. The zero-order valence-corrected chi connectivity index (χ0v) is 11.7. The van der Waals surface area contributed by atoms with Crippen LogP contribution in [0.3, 0.4) is 0 Å². The fraction of sp³-hybridized carbons (Fsp3) is 0.286. The molecular weight excluding hydrogens is 244 g/mol. The van der Waals surface area contributed by atoms with E-state index < -0.39 is 0 Å². The van der Waals surface area contributed by atoms with E-state index in [1.54, 1.807) is 18.4 Å². The maximum absolute atomic E-state index is 5.72. The predicted molar refractivity (Wildman–Crippen MR) is 76.0 cm³/mol. The number of benzene rings is 1. The Morgan fingerprint density at radius 3 is 2.44 bits per heavy atom. The third-order valence-electron chi connectivity index (χ3n) is 2.88. The molecule has 18 heavy (non-hydrogen) atoms. The van der Waals surface area contributed by atoms with Crippen molar-refractivity contribution in [1.82, 2.24) is 5.43 Å². The fourth-order valence-corrected chi connectivity index (χ4v) is 3.13. The fourth-order valence-electron chi connectivity index (χ4n) is 2.19. The first-order chi connectivity index (χ1) is 8.65. The molecule has 0 saturated heterocycles. The first-order valence-electron chi connectivity index (χ1n) is 5.81. The molecule has 0 radical (unpaired) electrons. The van der Waals surface area contributed by atoms with Crippen molar-refractivity contribution in [2.75, 3.05) is 7.11 Å². The second kappa shape index (κ2) is 5.52. The number of aryl methyl sites for hydroxylation is 2. The second-order valence-corrected chi connectivity index (χ2v) is 5.32. The molecule has 0 aliphatic rings. The van der Waals surface area contributed by atoms with Gasteiger partial charge in [0, 0.05) is 0 Å².